The van der Waals surface area contributed by atoms with Crippen LogP contribution in [-0.2, 0) is 22.5 Å². The average Bonchev–Trinajstić information content (AvgIpc) is 2.98. The fourth-order valence-corrected chi connectivity index (χ4v) is 3.07. The molecule has 0 aliphatic heterocycles. The first-order valence-electron chi connectivity index (χ1n) is 9.23. The van der Waals surface area contributed by atoms with Gasteiger partial charge >= 0.3 is 5.97 Å². The van der Waals surface area contributed by atoms with E-state index in [0.717, 1.165) is 23.9 Å². The molecule has 0 saturated heterocycles. The number of esters is 1. The van der Waals surface area contributed by atoms with Crippen LogP contribution in [0, 0.1) is 0 Å². The Morgan fingerprint density at radius 1 is 1.15 bits per heavy atom. The first-order chi connectivity index (χ1) is 12.9. The van der Waals surface area contributed by atoms with Crippen LogP contribution in [0.1, 0.15) is 39.0 Å². The van der Waals surface area contributed by atoms with E-state index >= 15 is 0 Å². The van der Waals surface area contributed by atoms with Crippen molar-refractivity contribution in [3.05, 3.63) is 59.9 Å². The van der Waals surface area contributed by atoms with Gasteiger partial charge in [0, 0.05) is 18.4 Å². The minimum atomic E-state index is -0.533. The molecule has 0 amide bonds. The van der Waals surface area contributed by atoms with E-state index in [-0.39, 0.29) is 6.61 Å². The van der Waals surface area contributed by atoms with Gasteiger partial charge in [-0.15, -0.1) is 0 Å². The Morgan fingerprint density at radius 2 is 1.89 bits per heavy atom. The van der Waals surface area contributed by atoms with Gasteiger partial charge in [0.15, 0.2) is 6.61 Å². The topological polar surface area (TPSA) is 53.4 Å². The van der Waals surface area contributed by atoms with Crippen molar-refractivity contribution in [2.75, 3.05) is 6.61 Å². The summed E-state index contributed by atoms with van der Waals surface area (Å²) in [6.07, 6.45) is 2.61. The molecule has 3 aromatic rings. The maximum Gasteiger partial charge on any atom is 0.344 e. The fourth-order valence-electron chi connectivity index (χ4n) is 3.07. The van der Waals surface area contributed by atoms with Crippen LogP contribution in [0.15, 0.2) is 48.7 Å². The third kappa shape index (κ3) is 4.67. The minimum Gasteiger partial charge on any atom is -0.465 e. The van der Waals surface area contributed by atoms with Gasteiger partial charge in [-0.2, -0.15) is 0 Å². The maximum absolute atomic E-state index is 12.0. The van der Waals surface area contributed by atoms with E-state index < -0.39 is 11.6 Å². The normalized spacial score (nSPS) is 11.6. The zero-order chi connectivity index (χ0) is 19.4. The molecule has 0 unspecified atom stereocenters. The Bertz CT molecular complexity index is 924. The Labute approximate surface area is 159 Å². The number of aromatic nitrogens is 2. The summed E-state index contributed by atoms with van der Waals surface area (Å²) in [5.74, 6) is 0.0561. The maximum atomic E-state index is 12.0. The fraction of sp³-hybridized carbons (Fsp3) is 0.364. The van der Waals surface area contributed by atoms with E-state index in [1.54, 1.807) is 6.20 Å². The van der Waals surface area contributed by atoms with Crippen molar-refractivity contribution in [3.8, 4) is 5.88 Å². The average molecular weight is 366 g/mol. The van der Waals surface area contributed by atoms with Crippen LogP contribution < -0.4 is 4.74 Å². The van der Waals surface area contributed by atoms with Gasteiger partial charge in [-0.25, -0.2) is 9.78 Å². The second-order valence-electron chi connectivity index (χ2n) is 7.48. The van der Waals surface area contributed by atoms with E-state index in [0.29, 0.717) is 5.88 Å². The zero-order valence-electron chi connectivity index (χ0n) is 16.4. The highest BCUT2D eigenvalue weighted by Gasteiger charge is 2.18. The summed E-state index contributed by atoms with van der Waals surface area (Å²) in [6, 6.07) is 14.4. The molecule has 3 rings (SSSR count). The molecule has 0 atom stereocenters. The number of hydrogen-bond donors (Lipinski definition) is 0. The number of nitrogens with zero attached hydrogens (tertiary/aromatic N) is 2. The van der Waals surface area contributed by atoms with Gasteiger partial charge in [-0.1, -0.05) is 37.3 Å². The Morgan fingerprint density at radius 3 is 2.56 bits per heavy atom. The third-order valence-electron chi connectivity index (χ3n) is 4.17. The quantitative estimate of drug-likeness (QED) is 0.608. The van der Waals surface area contributed by atoms with Crippen LogP contribution in [0.25, 0.3) is 10.9 Å². The van der Waals surface area contributed by atoms with E-state index in [2.05, 4.69) is 34.7 Å². The van der Waals surface area contributed by atoms with Crippen molar-refractivity contribution >= 4 is 16.9 Å². The van der Waals surface area contributed by atoms with Crippen LogP contribution >= 0.6 is 0 Å². The predicted molar refractivity (Wildman–Crippen MR) is 106 cm³/mol. The highest BCUT2D eigenvalue weighted by atomic mass is 16.6. The zero-order valence-corrected chi connectivity index (χ0v) is 16.4. The van der Waals surface area contributed by atoms with Crippen LogP contribution in [0.5, 0.6) is 5.88 Å². The number of fused-ring (bicyclic) bond motifs is 1. The largest absolute Gasteiger partial charge is 0.465 e. The molecule has 2 aromatic heterocycles. The molecule has 2 heterocycles. The van der Waals surface area contributed by atoms with Crippen molar-refractivity contribution in [1.29, 1.82) is 0 Å². The molecule has 142 valence electrons. The van der Waals surface area contributed by atoms with Crippen molar-refractivity contribution in [1.82, 2.24) is 9.55 Å². The molecule has 1 aromatic carbocycles. The second kappa shape index (κ2) is 7.82. The number of aryl methyl sites for hydroxylation is 1. The van der Waals surface area contributed by atoms with E-state index in [1.807, 2.05) is 45.0 Å². The molecule has 0 aliphatic rings. The summed E-state index contributed by atoms with van der Waals surface area (Å²) < 4.78 is 13.3. The molecule has 0 fully saturated rings. The van der Waals surface area contributed by atoms with Crippen molar-refractivity contribution in [2.45, 2.75) is 46.3 Å². The van der Waals surface area contributed by atoms with Crippen LogP contribution in [0.4, 0.5) is 0 Å². The molecular weight excluding hydrogens is 340 g/mol. The molecule has 0 N–H and O–H groups in total. The third-order valence-corrected chi connectivity index (χ3v) is 4.17. The van der Waals surface area contributed by atoms with E-state index in [4.69, 9.17) is 9.47 Å². The van der Waals surface area contributed by atoms with Gasteiger partial charge in [0.05, 0.1) is 10.9 Å². The predicted octanol–water partition coefficient (Wildman–Crippen LogP) is 4.37. The second-order valence-corrected chi connectivity index (χ2v) is 7.48. The van der Waals surface area contributed by atoms with Gasteiger partial charge in [-0.3, -0.25) is 0 Å². The number of rotatable bonds is 6. The lowest BCUT2D eigenvalue weighted by molar-refractivity contribution is -0.157. The molecule has 0 saturated carbocycles. The Kier molecular flexibility index (Phi) is 5.49. The van der Waals surface area contributed by atoms with Gasteiger partial charge < -0.3 is 14.0 Å². The number of hydrogen-bond acceptors (Lipinski definition) is 4. The lowest BCUT2D eigenvalue weighted by atomic mass is 10.2. The van der Waals surface area contributed by atoms with Gasteiger partial charge in [-0.05, 0) is 44.9 Å². The van der Waals surface area contributed by atoms with Crippen LogP contribution in [0.2, 0.25) is 0 Å². The summed E-state index contributed by atoms with van der Waals surface area (Å²) in [4.78, 5) is 16.3. The van der Waals surface area contributed by atoms with Gasteiger partial charge in [0.2, 0.25) is 5.88 Å². The molecule has 0 radical (unpaired) electrons. The van der Waals surface area contributed by atoms with Crippen molar-refractivity contribution in [2.24, 2.45) is 0 Å². The molecule has 0 spiro atoms. The molecule has 27 heavy (non-hydrogen) atoms. The van der Waals surface area contributed by atoms with E-state index in [9.17, 15) is 4.79 Å². The number of benzene rings is 1. The minimum absolute atomic E-state index is 0.158. The number of carbonyl (C=O) groups excluding carboxylic acids is 1. The molecule has 5 nitrogen and oxygen atoms in total. The summed E-state index contributed by atoms with van der Waals surface area (Å²) in [6.45, 7) is 8.26. The van der Waals surface area contributed by atoms with Gasteiger partial charge in [0.1, 0.15) is 5.60 Å². The Balaban J connectivity index is 1.87. The smallest absolute Gasteiger partial charge is 0.344 e. The lowest BCUT2D eigenvalue weighted by Gasteiger charge is -2.19. The highest BCUT2D eigenvalue weighted by molar-refractivity contribution is 5.86. The van der Waals surface area contributed by atoms with Gasteiger partial charge in [0.25, 0.3) is 0 Å². The summed E-state index contributed by atoms with van der Waals surface area (Å²) in [5, 5.41) is 0.911. The van der Waals surface area contributed by atoms with Crippen LogP contribution in [-0.4, -0.2) is 27.7 Å². The SMILES string of the molecule is CCc1cc2c(OCC(=O)OC(C)(C)C)nccc2n1Cc1ccccc1. The van der Waals surface area contributed by atoms with E-state index in [1.165, 1.54) is 11.3 Å². The number of carbonyl (C=O) groups is 1. The lowest BCUT2D eigenvalue weighted by Crippen LogP contribution is -2.27. The molecule has 0 bridgehead atoms. The molecule has 0 aliphatic carbocycles. The first-order valence-corrected chi connectivity index (χ1v) is 9.23. The molecular formula is C22H26N2O3. The first kappa shape index (κ1) is 19.0. The van der Waals surface area contributed by atoms with Crippen molar-refractivity contribution in [3.63, 3.8) is 0 Å². The van der Waals surface area contributed by atoms with Crippen molar-refractivity contribution < 1.29 is 14.3 Å². The number of pyridine rings is 1. The summed E-state index contributed by atoms with van der Waals surface area (Å²) >= 11 is 0. The monoisotopic (exact) mass is 366 g/mol. The Hall–Kier alpha value is -2.82. The standard InChI is InChI=1S/C22H26N2O3/c1-5-17-13-18-19(24(17)14-16-9-7-6-8-10-16)11-12-23-21(18)26-15-20(25)27-22(2,3)4/h6-13H,5,14-15H2,1-4H3. The highest BCUT2D eigenvalue weighted by Crippen LogP contribution is 2.28. The number of ether oxygens (including phenoxy) is 2. The molecule has 5 heteroatoms. The summed E-state index contributed by atoms with van der Waals surface area (Å²) in [5.41, 5.74) is 2.94. The summed E-state index contributed by atoms with van der Waals surface area (Å²) in [7, 11) is 0. The van der Waals surface area contributed by atoms with Crippen LogP contribution in [0.3, 0.4) is 0 Å².